The molecule has 0 saturated heterocycles. The van der Waals surface area contributed by atoms with E-state index in [0.29, 0.717) is 11.8 Å². The van der Waals surface area contributed by atoms with E-state index >= 15 is 0 Å². The van der Waals surface area contributed by atoms with Crippen LogP contribution in [0.2, 0.25) is 0 Å². The zero-order valence-corrected chi connectivity index (χ0v) is 21.0. The molecule has 1 heterocycles. The summed E-state index contributed by atoms with van der Waals surface area (Å²) >= 11 is 0. The van der Waals surface area contributed by atoms with E-state index in [1.807, 2.05) is 36.0 Å². The summed E-state index contributed by atoms with van der Waals surface area (Å²) in [6, 6.07) is 0. The van der Waals surface area contributed by atoms with Crippen LogP contribution in [0, 0.1) is 46.3 Å². The van der Waals surface area contributed by atoms with Crippen molar-refractivity contribution < 1.29 is 9.59 Å². The normalized spacial score (nSPS) is 47.4. The van der Waals surface area contributed by atoms with Crippen molar-refractivity contribution in [3.05, 3.63) is 24.0 Å². The lowest BCUT2D eigenvalue weighted by Gasteiger charge is -2.57. The molecule has 8 aliphatic carbocycles. The predicted molar refractivity (Wildman–Crippen MR) is 131 cm³/mol. The van der Waals surface area contributed by atoms with E-state index < -0.39 is 0 Å². The Labute approximate surface area is 204 Å². The lowest BCUT2D eigenvalue weighted by Crippen LogP contribution is -2.59. The first-order valence-electron chi connectivity index (χ1n) is 14.0. The van der Waals surface area contributed by atoms with Crippen LogP contribution in [-0.4, -0.2) is 41.9 Å². The number of allylic oxidation sites excluding steroid dienone is 2. The number of carbonyl (C=O) groups excluding carboxylic acids is 2. The van der Waals surface area contributed by atoms with Crippen molar-refractivity contribution >= 4 is 11.8 Å². The van der Waals surface area contributed by atoms with Crippen LogP contribution >= 0.6 is 0 Å². The molecule has 1 atom stereocenters. The van der Waals surface area contributed by atoms with Gasteiger partial charge in [0.15, 0.2) is 0 Å². The summed E-state index contributed by atoms with van der Waals surface area (Å²) in [7, 11) is 3.91. The van der Waals surface area contributed by atoms with Crippen molar-refractivity contribution in [2.75, 3.05) is 14.1 Å². The molecule has 9 aliphatic rings. The zero-order valence-electron chi connectivity index (χ0n) is 21.0. The van der Waals surface area contributed by atoms with E-state index in [1.165, 1.54) is 38.5 Å². The third kappa shape index (κ3) is 3.17. The molecule has 1 aliphatic heterocycles. The van der Waals surface area contributed by atoms with E-state index in [-0.39, 0.29) is 17.0 Å². The summed E-state index contributed by atoms with van der Waals surface area (Å²) in [5.74, 6) is 6.03. The highest BCUT2D eigenvalue weighted by atomic mass is 16.2. The summed E-state index contributed by atoms with van der Waals surface area (Å²) < 4.78 is 0. The molecule has 8 fully saturated rings. The third-order valence-electron chi connectivity index (χ3n) is 11.2. The number of rotatable bonds is 4. The minimum Gasteiger partial charge on any atom is -0.348 e. The highest BCUT2D eigenvalue weighted by Crippen LogP contribution is 2.61. The number of hydrogen-bond acceptors (Lipinski definition) is 3. The quantitative estimate of drug-likeness (QED) is 0.660. The van der Waals surface area contributed by atoms with Crippen LogP contribution < -0.4 is 5.32 Å². The number of hydrogen-bond donors (Lipinski definition) is 1. The summed E-state index contributed by atoms with van der Waals surface area (Å²) in [6.45, 7) is 0. The number of amides is 2. The van der Waals surface area contributed by atoms with Gasteiger partial charge in [-0.25, -0.2) is 0 Å². The Balaban J connectivity index is 1.06. The second-order valence-corrected chi connectivity index (χ2v) is 13.7. The van der Waals surface area contributed by atoms with E-state index in [9.17, 15) is 9.59 Å². The van der Waals surface area contributed by atoms with Gasteiger partial charge in [-0.1, -0.05) is 6.08 Å². The third-order valence-corrected chi connectivity index (χ3v) is 11.2. The highest BCUT2D eigenvalue weighted by molar-refractivity contribution is 5.85. The summed E-state index contributed by atoms with van der Waals surface area (Å²) in [6.07, 6.45) is 20.5. The molecule has 0 aromatic heterocycles. The van der Waals surface area contributed by atoms with Crippen LogP contribution in [0.25, 0.3) is 0 Å². The van der Waals surface area contributed by atoms with Crippen molar-refractivity contribution in [2.24, 2.45) is 46.3 Å². The van der Waals surface area contributed by atoms with Crippen LogP contribution in [0.3, 0.4) is 0 Å². The van der Waals surface area contributed by atoms with Crippen molar-refractivity contribution in [2.45, 2.75) is 83.2 Å². The fourth-order valence-electron chi connectivity index (χ4n) is 10.6. The van der Waals surface area contributed by atoms with Gasteiger partial charge in [-0.05, 0) is 125 Å². The highest BCUT2D eigenvalue weighted by Gasteiger charge is 2.57. The first-order valence-corrected chi connectivity index (χ1v) is 14.0. The van der Waals surface area contributed by atoms with Crippen LogP contribution in [0.5, 0.6) is 0 Å². The van der Waals surface area contributed by atoms with Crippen molar-refractivity contribution in [1.29, 1.82) is 0 Å². The predicted octanol–water partition coefficient (Wildman–Crippen LogP) is 4.66. The van der Waals surface area contributed by atoms with Gasteiger partial charge in [0.1, 0.15) is 12.0 Å². The Morgan fingerprint density at radius 2 is 1.15 bits per heavy atom. The molecule has 9 rings (SSSR count). The average molecular weight is 464 g/mol. The second-order valence-electron chi connectivity index (χ2n) is 13.7. The number of likely N-dealkylation sites (N-methyl/N-ethyl adjacent to an activating group) is 1. The Bertz CT molecular complexity index is 894. The van der Waals surface area contributed by atoms with Gasteiger partial charge < -0.3 is 15.1 Å². The fraction of sp³-hybridized carbons (Fsp3) is 0.793. The van der Waals surface area contributed by atoms with Gasteiger partial charge in [-0.15, -0.1) is 0 Å². The summed E-state index contributed by atoms with van der Waals surface area (Å²) in [5.41, 5.74) is -0.287. The summed E-state index contributed by atoms with van der Waals surface area (Å²) in [5, 5.41) is 3.56. The molecule has 5 nitrogen and oxygen atoms in total. The second kappa shape index (κ2) is 7.36. The van der Waals surface area contributed by atoms with Gasteiger partial charge in [0.25, 0.3) is 0 Å². The number of nitrogens with zero attached hydrogens (tertiary/aromatic N) is 2. The molecule has 0 aromatic carbocycles. The molecule has 1 N–H and O–H groups in total. The smallest absolute Gasteiger partial charge is 0.234 e. The molecule has 0 aromatic rings. The lowest BCUT2D eigenvalue weighted by molar-refractivity contribution is -0.158. The standard InChI is InChI=1S/C29H41N3O2/c1-31(26(33)28-12-18-6-19(13-28)8-20(7-18)14-28)24-4-3-5-25(30-24)32(2)27(34)29-15-21-9-22(16-29)11-23(10-21)17-29/h3-5,18-24,30H,6-17H2,1-2H3. The van der Waals surface area contributed by atoms with E-state index in [4.69, 9.17) is 0 Å². The van der Waals surface area contributed by atoms with Gasteiger partial charge in [-0.2, -0.15) is 0 Å². The SMILES string of the molecule is CN(C(=O)C12CC3CC(CC(C3)C1)C2)C1=CC=CC(N(C)C(=O)C23CC4CC(CC(C4)C2)C3)N1. The maximum absolute atomic E-state index is 13.9. The van der Waals surface area contributed by atoms with Gasteiger partial charge in [-0.3, -0.25) is 9.59 Å². The number of nitrogens with one attached hydrogen (secondary N) is 1. The molecular weight excluding hydrogens is 422 g/mol. The van der Waals surface area contributed by atoms with Crippen LogP contribution in [0.1, 0.15) is 77.0 Å². The maximum atomic E-state index is 13.9. The van der Waals surface area contributed by atoms with Crippen molar-refractivity contribution in [1.82, 2.24) is 15.1 Å². The topological polar surface area (TPSA) is 52.7 Å². The molecular formula is C29H41N3O2. The first-order chi connectivity index (χ1) is 16.3. The van der Waals surface area contributed by atoms with E-state index in [0.717, 1.165) is 79.9 Å². The largest absolute Gasteiger partial charge is 0.348 e. The minimum absolute atomic E-state index is 0.138. The van der Waals surface area contributed by atoms with E-state index in [1.54, 1.807) is 0 Å². The Kier molecular flexibility index (Phi) is 4.66. The molecule has 2 amide bonds. The number of dihydropyridines is 1. The summed E-state index contributed by atoms with van der Waals surface area (Å²) in [4.78, 5) is 31.6. The van der Waals surface area contributed by atoms with E-state index in [2.05, 4.69) is 11.4 Å². The first kappa shape index (κ1) is 21.5. The van der Waals surface area contributed by atoms with Gasteiger partial charge in [0, 0.05) is 14.1 Å². The van der Waals surface area contributed by atoms with Crippen LogP contribution in [-0.2, 0) is 9.59 Å². The molecule has 8 bridgehead atoms. The van der Waals surface area contributed by atoms with Gasteiger partial charge in [0.05, 0.1) is 10.8 Å². The van der Waals surface area contributed by atoms with Crippen LogP contribution in [0.4, 0.5) is 0 Å². The molecule has 0 radical (unpaired) electrons. The fourth-order valence-corrected chi connectivity index (χ4v) is 10.6. The van der Waals surface area contributed by atoms with Crippen molar-refractivity contribution in [3.63, 3.8) is 0 Å². The molecule has 8 saturated carbocycles. The lowest BCUT2D eigenvalue weighted by atomic mass is 9.49. The van der Waals surface area contributed by atoms with Gasteiger partial charge in [0.2, 0.25) is 11.8 Å². The Morgan fingerprint density at radius 3 is 1.59 bits per heavy atom. The molecule has 5 heteroatoms. The van der Waals surface area contributed by atoms with Crippen molar-refractivity contribution in [3.8, 4) is 0 Å². The number of carbonyl (C=O) groups is 2. The minimum atomic E-state index is -0.188. The van der Waals surface area contributed by atoms with Gasteiger partial charge >= 0.3 is 0 Å². The molecule has 0 spiro atoms. The molecule has 34 heavy (non-hydrogen) atoms. The zero-order chi connectivity index (χ0) is 23.2. The monoisotopic (exact) mass is 463 g/mol. The Hall–Kier alpha value is -1.78. The average Bonchev–Trinajstić information content (AvgIpc) is 2.80. The molecule has 184 valence electrons. The maximum Gasteiger partial charge on any atom is 0.234 e. The Morgan fingerprint density at radius 1 is 0.735 bits per heavy atom. The van der Waals surface area contributed by atoms with Crippen LogP contribution in [0.15, 0.2) is 24.0 Å². The molecule has 1 unspecified atom stereocenters.